The van der Waals surface area contributed by atoms with E-state index in [1.807, 2.05) is 12.1 Å². The van der Waals surface area contributed by atoms with E-state index in [4.69, 9.17) is 9.47 Å². The average molecular weight is 305 g/mol. The van der Waals surface area contributed by atoms with Gasteiger partial charge in [-0.2, -0.15) is 0 Å². The Bertz CT molecular complexity index is 1060. The quantitative estimate of drug-likeness (QED) is 0.530. The molecule has 0 fully saturated rings. The molecule has 0 bridgehead atoms. The van der Waals surface area contributed by atoms with Gasteiger partial charge in [-0.15, -0.1) is 0 Å². The third-order valence-electron chi connectivity index (χ3n) is 4.62. The van der Waals surface area contributed by atoms with E-state index in [0.717, 1.165) is 33.2 Å². The lowest BCUT2D eigenvalue weighted by atomic mass is 10.0. The molecule has 0 unspecified atom stereocenters. The molecule has 0 aliphatic rings. The Morgan fingerprint density at radius 2 is 1.48 bits per heavy atom. The molecule has 23 heavy (non-hydrogen) atoms. The predicted molar refractivity (Wildman–Crippen MR) is 95.8 cm³/mol. The summed E-state index contributed by atoms with van der Waals surface area (Å²) in [5.74, 6) is 1.80. The maximum Gasteiger partial charge on any atom is 0.151 e. The number of hydrogen-bond acceptors (Lipinski definition) is 2. The minimum absolute atomic E-state index is 0.896. The van der Waals surface area contributed by atoms with E-state index in [-0.39, 0.29) is 0 Å². The summed E-state index contributed by atoms with van der Waals surface area (Å²) in [4.78, 5) is 0. The van der Waals surface area contributed by atoms with Crippen molar-refractivity contribution >= 4 is 32.6 Å². The molecule has 1 heterocycles. The van der Waals surface area contributed by atoms with Gasteiger partial charge in [0.05, 0.1) is 25.1 Å². The van der Waals surface area contributed by atoms with Gasteiger partial charge in [0.15, 0.2) is 5.75 Å². The molecule has 0 saturated heterocycles. The Morgan fingerprint density at radius 1 is 0.826 bits per heavy atom. The molecule has 4 rings (SSSR count). The van der Waals surface area contributed by atoms with Gasteiger partial charge in [-0.25, -0.2) is 0 Å². The molecule has 1 aromatic heterocycles. The molecular formula is C20H19NO2. The number of hydrogen-bond donors (Lipinski definition) is 0. The van der Waals surface area contributed by atoms with Crippen LogP contribution in [0.15, 0.2) is 42.5 Å². The van der Waals surface area contributed by atoms with Gasteiger partial charge < -0.3 is 14.0 Å². The highest BCUT2D eigenvalue weighted by Crippen LogP contribution is 2.46. The van der Waals surface area contributed by atoms with Gasteiger partial charge >= 0.3 is 0 Å². The van der Waals surface area contributed by atoms with E-state index in [9.17, 15) is 0 Å². The van der Waals surface area contributed by atoms with E-state index < -0.39 is 0 Å². The van der Waals surface area contributed by atoms with Crippen LogP contribution in [0.4, 0.5) is 0 Å². The minimum atomic E-state index is 0.896. The number of methoxy groups -OCH3 is 2. The SMILES string of the molecule is COc1c2ccccc2c(OC)c2c1c1ccc(C)cc1n2C. The lowest BCUT2D eigenvalue weighted by molar-refractivity contribution is 0.416. The van der Waals surface area contributed by atoms with E-state index in [1.165, 1.54) is 16.5 Å². The molecule has 116 valence electrons. The molecule has 0 N–H and O–H groups in total. The lowest BCUT2D eigenvalue weighted by Crippen LogP contribution is -1.95. The summed E-state index contributed by atoms with van der Waals surface area (Å²) in [5.41, 5.74) is 3.50. The van der Waals surface area contributed by atoms with Crippen LogP contribution in [0.1, 0.15) is 5.56 Å². The van der Waals surface area contributed by atoms with E-state index in [0.29, 0.717) is 0 Å². The summed E-state index contributed by atoms with van der Waals surface area (Å²) < 4.78 is 13.8. The summed E-state index contributed by atoms with van der Waals surface area (Å²) in [6.45, 7) is 2.11. The largest absolute Gasteiger partial charge is 0.495 e. The minimum Gasteiger partial charge on any atom is -0.495 e. The average Bonchev–Trinajstić information content (AvgIpc) is 2.85. The number of nitrogens with zero attached hydrogens (tertiary/aromatic N) is 1. The molecule has 3 nitrogen and oxygen atoms in total. The van der Waals surface area contributed by atoms with Crippen LogP contribution in [0.25, 0.3) is 32.6 Å². The van der Waals surface area contributed by atoms with Crippen LogP contribution in [0.2, 0.25) is 0 Å². The summed E-state index contributed by atoms with van der Waals surface area (Å²) in [6, 6.07) is 14.8. The number of aromatic nitrogens is 1. The van der Waals surface area contributed by atoms with Gasteiger partial charge in [-0.3, -0.25) is 0 Å². The molecule has 3 heteroatoms. The molecule has 0 saturated carbocycles. The zero-order chi connectivity index (χ0) is 16.1. The van der Waals surface area contributed by atoms with Crippen molar-refractivity contribution in [1.82, 2.24) is 4.57 Å². The first-order chi connectivity index (χ1) is 11.2. The first-order valence-corrected chi connectivity index (χ1v) is 7.68. The third-order valence-corrected chi connectivity index (χ3v) is 4.62. The highest BCUT2D eigenvalue weighted by Gasteiger charge is 2.21. The Labute approximate surface area is 135 Å². The van der Waals surface area contributed by atoms with Crippen LogP contribution in [0.5, 0.6) is 11.5 Å². The first kappa shape index (κ1) is 13.9. The topological polar surface area (TPSA) is 23.4 Å². The second-order valence-corrected chi connectivity index (χ2v) is 5.92. The number of rotatable bonds is 2. The zero-order valence-electron chi connectivity index (χ0n) is 13.8. The first-order valence-electron chi connectivity index (χ1n) is 7.68. The van der Waals surface area contributed by atoms with Crippen LogP contribution in [0, 0.1) is 6.92 Å². The van der Waals surface area contributed by atoms with Gasteiger partial charge in [-0.1, -0.05) is 36.4 Å². The van der Waals surface area contributed by atoms with E-state index in [2.05, 4.69) is 48.9 Å². The van der Waals surface area contributed by atoms with Crippen LogP contribution in [-0.4, -0.2) is 18.8 Å². The number of ether oxygens (including phenoxy) is 2. The van der Waals surface area contributed by atoms with Crippen molar-refractivity contribution in [1.29, 1.82) is 0 Å². The maximum absolute atomic E-state index is 5.82. The Kier molecular flexibility index (Phi) is 2.98. The maximum atomic E-state index is 5.82. The molecule has 0 spiro atoms. The van der Waals surface area contributed by atoms with Crippen LogP contribution < -0.4 is 9.47 Å². The van der Waals surface area contributed by atoms with Gasteiger partial charge in [0, 0.05) is 28.7 Å². The zero-order valence-corrected chi connectivity index (χ0v) is 13.8. The lowest BCUT2D eigenvalue weighted by Gasteiger charge is -2.13. The van der Waals surface area contributed by atoms with Crippen LogP contribution in [-0.2, 0) is 7.05 Å². The van der Waals surface area contributed by atoms with Gasteiger partial charge in [0.25, 0.3) is 0 Å². The van der Waals surface area contributed by atoms with E-state index in [1.54, 1.807) is 14.2 Å². The van der Waals surface area contributed by atoms with Crippen molar-refractivity contribution in [3.05, 3.63) is 48.0 Å². The fourth-order valence-electron chi connectivity index (χ4n) is 3.60. The number of aryl methyl sites for hydroxylation is 2. The van der Waals surface area contributed by atoms with Crippen molar-refractivity contribution in [2.24, 2.45) is 7.05 Å². The Morgan fingerprint density at radius 3 is 2.13 bits per heavy atom. The smallest absolute Gasteiger partial charge is 0.151 e. The molecule has 0 radical (unpaired) electrons. The summed E-state index contributed by atoms with van der Waals surface area (Å²) >= 11 is 0. The van der Waals surface area contributed by atoms with Crippen molar-refractivity contribution < 1.29 is 9.47 Å². The van der Waals surface area contributed by atoms with Crippen LogP contribution >= 0.6 is 0 Å². The van der Waals surface area contributed by atoms with Gasteiger partial charge in [0.2, 0.25) is 0 Å². The van der Waals surface area contributed by atoms with Gasteiger partial charge in [-0.05, 0) is 18.6 Å². The van der Waals surface area contributed by atoms with Crippen molar-refractivity contribution in [2.45, 2.75) is 6.92 Å². The molecule has 0 aliphatic carbocycles. The monoisotopic (exact) mass is 305 g/mol. The molecule has 4 aromatic rings. The molecule has 0 atom stereocenters. The summed E-state index contributed by atoms with van der Waals surface area (Å²) in [7, 11) is 5.55. The van der Waals surface area contributed by atoms with Crippen LogP contribution in [0.3, 0.4) is 0 Å². The van der Waals surface area contributed by atoms with E-state index >= 15 is 0 Å². The van der Waals surface area contributed by atoms with Crippen molar-refractivity contribution in [2.75, 3.05) is 14.2 Å². The Balaban J connectivity index is 2.39. The molecule has 0 aliphatic heterocycles. The highest BCUT2D eigenvalue weighted by molar-refractivity contribution is 6.20. The second-order valence-electron chi connectivity index (χ2n) is 5.92. The normalized spacial score (nSPS) is 11.5. The summed E-state index contributed by atoms with van der Waals surface area (Å²) in [6.07, 6.45) is 0. The summed E-state index contributed by atoms with van der Waals surface area (Å²) in [5, 5.41) is 4.45. The fraction of sp³-hybridized carbons (Fsp3) is 0.200. The van der Waals surface area contributed by atoms with Crippen molar-refractivity contribution in [3.8, 4) is 11.5 Å². The predicted octanol–water partition coefficient (Wildman–Crippen LogP) is 4.81. The fourth-order valence-corrected chi connectivity index (χ4v) is 3.60. The highest BCUT2D eigenvalue weighted by atomic mass is 16.5. The standard InChI is InChI=1S/C20H19NO2/c1-12-9-10-15-16(11-12)21(2)18-17(15)19(22-3)13-7-5-6-8-14(13)20(18)23-4/h5-11H,1-4H3. The Hall–Kier alpha value is -2.68. The van der Waals surface area contributed by atoms with Crippen molar-refractivity contribution in [3.63, 3.8) is 0 Å². The number of fused-ring (bicyclic) bond motifs is 4. The number of benzene rings is 3. The second kappa shape index (κ2) is 4.92. The molecular weight excluding hydrogens is 286 g/mol. The molecule has 3 aromatic carbocycles. The third kappa shape index (κ3) is 1.76. The van der Waals surface area contributed by atoms with Gasteiger partial charge in [0.1, 0.15) is 5.75 Å². The molecule has 0 amide bonds.